The summed E-state index contributed by atoms with van der Waals surface area (Å²) in [5.74, 6) is 1.76. The number of carbonyl (C=O) groups excluding carboxylic acids is 2. The van der Waals surface area contributed by atoms with Gasteiger partial charge in [-0.2, -0.15) is 0 Å². The number of hydrogen-bond donors (Lipinski definition) is 0. The molecular formula is C44H80O4. The van der Waals surface area contributed by atoms with E-state index < -0.39 is 0 Å². The van der Waals surface area contributed by atoms with Crippen LogP contribution < -0.4 is 0 Å². The fourth-order valence-corrected chi connectivity index (χ4v) is 7.44. The van der Waals surface area contributed by atoms with Gasteiger partial charge in [-0.1, -0.05) is 135 Å². The second-order valence-electron chi connectivity index (χ2n) is 15.4. The van der Waals surface area contributed by atoms with Crippen molar-refractivity contribution in [3.8, 4) is 0 Å². The predicted molar refractivity (Wildman–Crippen MR) is 206 cm³/mol. The van der Waals surface area contributed by atoms with E-state index in [0.29, 0.717) is 37.7 Å². The highest BCUT2D eigenvalue weighted by Crippen LogP contribution is 2.35. The van der Waals surface area contributed by atoms with E-state index in [0.717, 1.165) is 76.5 Å². The fourth-order valence-electron chi connectivity index (χ4n) is 7.44. The van der Waals surface area contributed by atoms with Gasteiger partial charge in [0.15, 0.2) is 0 Å². The molecule has 1 rings (SSSR count). The maximum absolute atomic E-state index is 13.0. The molecule has 0 radical (unpaired) electrons. The molecule has 3 atom stereocenters. The van der Waals surface area contributed by atoms with E-state index in [-0.39, 0.29) is 18.0 Å². The minimum absolute atomic E-state index is 0.0787. The summed E-state index contributed by atoms with van der Waals surface area (Å²) in [6.45, 7) is 18.1. The summed E-state index contributed by atoms with van der Waals surface area (Å²) < 4.78 is 11.7. The van der Waals surface area contributed by atoms with Gasteiger partial charge in [0.25, 0.3) is 0 Å². The molecule has 1 fully saturated rings. The van der Waals surface area contributed by atoms with Crippen molar-refractivity contribution in [3.05, 3.63) is 24.3 Å². The smallest absolute Gasteiger partial charge is 0.306 e. The SMILES string of the molecule is C=C(CCCCC)CCC(CCCCC(=O)OC(CCCCCCCC)CCOC(=O)CC1CCC(CC)C1)CCC(=C)CCCCC. The lowest BCUT2D eigenvalue weighted by Crippen LogP contribution is -2.21. The average Bonchev–Trinajstić information content (AvgIpc) is 3.52. The number of unbranched alkanes of at least 4 members (excludes halogenated alkanes) is 10. The Balaban J connectivity index is 2.52. The van der Waals surface area contributed by atoms with Crippen molar-refractivity contribution >= 4 is 11.9 Å². The van der Waals surface area contributed by atoms with Gasteiger partial charge in [0.05, 0.1) is 6.61 Å². The number of esters is 2. The third-order valence-corrected chi connectivity index (χ3v) is 10.9. The zero-order chi connectivity index (χ0) is 35.2. The lowest BCUT2D eigenvalue weighted by molar-refractivity contribution is -0.152. The summed E-state index contributed by atoms with van der Waals surface area (Å²) in [4.78, 5) is 25.5. The van der Waals surface area contributed by atoms with E-state index in [2.05, 4.69) is 40.9 Å². The molecule has 4 nitrogen and oxygen atoms in total. The molecule has 0 amide bonds. The number of rotatable bonds is 33. The average molecular weight is 673 g/mol. The molecule has 0 N–H and O–H groups in total. The summed E-state index contributed by atoms with van der Waals surface area (Å²) in [6.07, 6.45) is 32.1. The van der Waals surface area contributed by atoms with Crippen molar-refractivity contribution in [3.63, 3.8) is 0 Å². The zero-order valence-corrected chi connectivity index (χ0v) is 32.6. The van der Waals surface area contributed by atoms with E-state index in [1.165, 1.54) is 107 Å². The third kappa shape index (κ3) is 24.5. The first-order valence-electron chi connectivity index (χ1n) is 21.0. The minimum atomic E-state index is -0.155. The number of ether oxygens (including phenoxy) is 2. The van der Waals surface area contributed by atoms with Gasteiger partial charge in [-0.05, 0) is 101 Å². The van der Waals surface area contributed by atoms with E-state index in [9.17, 15) is 9.59 Å². The second-order valence-corrected chi connectivity index (χ2v) is 15.4. The van der Waals surface area contributed by atoms with Gasteiger partial charge < -0.3 is 9.47 Å². The Bertz CT molecular complexity index is 806. The van der Waals surface area contributed by atoms with Gasteiger partial charge in [0, 0.05) is 19.3 Å². The number of carbonyl (C=O) groups is 2. The molecule has 0 saturated heterocycles. The molecule has 0 heterocycles. The highest BCUT2D eigenvalue weighted by molar-refractivity contribution is 5.70. The van der Waals surface area contributed by atoms with Crippen molar-refractivity contribution in [1.82, 2.24) is 0 Å². The molecule has 3 unspecified atom stereocenters. The Morgan fingerprint density at radius 2 is 1.12 bits per heavy atom. The normalized spacial score (nSPS) is 16.7. The standard InChI is InChI=1S/C44H80O4/c1-7-11-14-15-16-19-25-42(33-34-47-44(46)36-41-32-31-39(10-4)35-41)48-43(45)26-21-20-24-40(29-27-37(5)22-17-12-8-2)30-28-38(6)23-18-13-9-3/h39-42H,5-36H2,1-4H3. The maximum Gasteiger partial charge on any atom is 0.306 e. The largest absolute Gasteiger partial charge is 0.466 e. The molecule has 1 aliphatic carbocycles. The Morgan fingerprint density at radius 1 is 0.583 bits per heavy atom. The molecule has 1 saturated carbocycles. The van der Waals surface area contributed by atoms with Crippen LogP contribution in [-0.4, -0.2) is 24.6 Å². The number of allylic oxidation sites excluding steroid dienone is 2. The van der Waals surface area contributed by atoms with Crippen molar-refractivity contribution in [2.75, 3.05) is 6.61 Å². The zero-order valence-electron chi connectivity index (χ0n) is 32.6. The molecule has 0 aromatic carbocycles. The van der Waals surface area contributed by atoms with Crippen molar-refractivity contribution in [1.29, 1.82) is 0 Å². The summed E-state index contributed by atoms with van der Waals surface area (Å²) >= 11 is 0. The lowest BCUT2D eigenvalue weighted by Gasteiger charge is -2.20. The van der Waals surface area contributed by atoms with Crippen LogP contribution in [0.2, 0.25) is 0 Å². The van der Waals surface area contributed by atoms with E-state index in [1.807, 2.05) is 0 Å². The first-order valence-corrected chi connectivity index (χ1v) is 21.0. The van der Waals surface area contributed by atoms with Crippen LogP contribution in [0.15, 0.2) is 24.3 Å². The Morgan fingerprint density at radius 3 is 1.73 bits per heavy atom. The van der Waals surface area contributed by atoms with Gasteiger partial charge in [-0.15, -0.1) is 0 Å². The molecule has 1 aliphatic rings. The molecule has 0 spiro atoms. The third-order valence-electron chi connectivity index (χ3n) is 10.9. The highest BCUT2D eigenvalue weighted by atomic mass is 16.6. The van der Waals surface area contributed by atoms with Gasteiger partial charge >= 0.3 is 11.9 Å². The van der Waals surface area contributed by atoms with Crippen molar-refractivity contribution < 1.29 is 19.1 Å². The molecule has 0 aliphatic heterocycles. The van der Waals surface area contributed by atoms with Crippen LogP contribution in [0.5, 0.6) is 0 Å². The Kier molecular flexibility index (Phi) is 28.0. The van der Waals surface area contributed by atoms with E-state index >= 15 is 0 Å². The molecule has 280 valence electrons. The maximum atomic E-state index is 13.0. The fraction of sp³-hybridized carbons (Fsp3) is 0.864. The van der Waals surface area contributed by atoms with Gasteiger partial charge in [0.2, 0.25) is 0 Å². The first kappa shape index (κ1) is 44.4. The van der Waals surface area contributed by atoms with Crippen LogP contribution in [0, 0.1) is 17.8 Å². The van der Waals surface area contributed by atoms with Crippen LogP contribution in [0.25, 0.3) is 0 Å². The predicted octanol–water partition coefficient (Wildman–Crippen LogP) is 13.8. The van der Waals surface area contributed by atoms with Crippen LogP contribution in [0.1, 0.15) is 214 Å². The monoisotopic (exact) mass is 673 g/mol. The quantitative estimate of drug-likeness (QED) is 0.0395. The topological polar surface area (TPSA) is 52.6 Å². The first-order chi connectivity index (χ1) is 23.3. The number of hydrogen-bond acceptors (Lipinski definition) is 4. The summed E-state index contributed by atoms with van der Waals surface area (Å²) in [5.41, 5.74) is 2.81. The van der Waals surface area contributed by atoms with Crippen LogP contribution >= 0.6 is 0 Å². The van der Waals surface area contributed by atoms with Crippen LogP contribution in [0.4, 0.5) is 0 Å². The van der Waals surface area contributed by atoms with Gasteiger partial charge in [0.1, 0.15) is 6.10 Å². The molecule has 0 aromatic heterocycles. The van der Waals surface area contributed by atoms with Gasteiger partial charge in [-0.3, -0.25) is 9.59 Å². The molecule has 0 bridgehead atoms. The minimum Gasteiger partial charge on any atom is -0.466 e. The van der Waals surface area contributed by atoms with E-state index in [1.54, 1.807) is 0 Å². The molecule has 4 heteroatoms. The van der Waals surface area contributed by atoms with Crippen LogP contribution in [0.3, 0.4) is 0 Å². The van der Waals surface area contributed by atoms with Crippen molar-refractivity contribution in [2.24, 2.45) is 17.8 Å². The molecule has 48 heavy (non-hydrogen) atoms. The highest BCUT2D eigenvalue weighted by Gasteiger charge is 2.26. The van der Waals surface area contributed by atoms with E-state index in [4.69, 9.17) is 9.47 Å². The second kappa shape index (κ2) is 30.3. The Labute approximate surface area is 299 Å². The molecule has 0 aromatic rings. The van der Waals surface area contributed by atoms with Crippen LogP contribution in [-0.2, 0) is 19.1 Å². The lowest BCUT2D eigenvalue weighted by atomic mass is 9.88. The Hall–Kier alpha value is -1.58. The summed E-state index contributed by atoms with van der Waals surface area (Å²) in [6, 6.07) is 0. The summed E-state index contributed by atoms with van der Waals surface area (Å²) in [5, 5.41) is 0. The van der Waals surface area contributed by atoms with Gasteiger partial charge in [-0.25, -0.2) is 0 Å². The summed E-state index contributed by atoms with van der Waals surface area (Å²) in [7, 11) is 0. The van der Waals surface area contributed by atoms with Crippen molar-refractivity contribution in [2.45, 2.75) is 220 Å². The molecular weight excluding hydrogens is 592 g/mol.